The average Bonchev–Trinajstić information content (AvgIpc) is 3.14. The molecule has 5 aromatic rings. The second-order valence-electron chi connectivity index (χ2n) is 8.09. The highest BCUT2D eigenvalue weighted by Gasteiger charge is 2.29. The fourth-order valence-corrected chi connectivity index (χ4v) is 4.87. The summed E-state index contributed by atoms with van der Waals surface area (Å²) >= 11 is 5.70. The van der Waals surface area contributed by atoms with Gasteiger partial charge in [0.05, 0.1) is 0 Å². The minimum Gasteiger partial charge on any atom is -0.309 e. The van der Waals surface area contributed by atoms with Crippen molar-refractivity contribution in [3.05, 3.63) is 93.6 Å². The number of fused-ring (bicyclic) bond motifs is 3. The normalized spacial score (nSPS) is 15.4. The number of H-pyrrole nitrogens is 1. The predicted molar refractivity (Wildman–Crippen MR) is 130 cm³/mol. The molecule has 1 unspecified atom stereocenters. The lowest BCUT2D eigenvalue weighted by Crippen LogP contribution is -2.28. The molecule has 0 saturated carbocycles. The Hall–Kier alpha value is -3.84. The van der Waals surface area contributed by atoms with Crippen LogP contribution >= 0.6 is 12.2 Å². The van der Waals surface area contributed by atoms with Crippen molar-refractivity contribution in [1.29, 1.82) is 0 Å². The summed E-state index contributed by atoms with van der Waals surface area (Å²) in [7, 11) is 0. The molecule has 7 heteroatoms. The van der Waals surface area contributed by atoms with Gasteiger partial charge in [0.2, 0.25) is 5.95 Å². The van der Waals surface area contributed by atoms with E-state index in [-0.39, 0.29) is 11.6 Å². The van der Waals surface area contributed by atoms with E-state index in [2.05, 4.69) is 33.9 Å². The molecule has 32 heavy (non-hydrogen) atoms. The minimum atomic E-state index is -0.283. The van der Waals surface area contributed by atoms with E-state index in [4.69, 9.17) is 17.2 Å². The number of aromatic nitrogens is 4. The van der Waals surface area contributed by atoms with Gasteiger partial charge in [-0.2, -0.15) is 4.98 Å². The quantitative estimate of drug-likeness (QED) is 0.391. The van der Waals surface area contributed by atoms with E-state index in [1.807, 2.05) is 54.6 Å². The van der Waals surface area contributed by atoms with Crippen LogP contribution in [0.25, 0.3) is 27.5 Å². The van der Waals surface area contributed by atoms with Crippen LogP contribution in [0.15, 0.2) is 77.9 Å². The molecule has 0 saturated heterocycles. The fourth-order valence-electron chi connectivity index (χ4n) is 4.53. The largest absolute Gasteiger partial charge is 0.309 e. The molecule has 3 aromatic carbocycles. The molecule has 2 aromatic heterocycles. The molecular weight excluding hydrogens is 418 g/mol. The molecule has 0 radical (unpaired) electrons. The third-order valence-corrected chi connectivity index (χ3v) is 6.46. The van der Waals surface area contributed by atoms with Gasteiger partial charge in [-0.25, -0.2) is 4.98 Å². The summed E-state index contributed by atoms with van der Waals surface area (Å²) in [4.78, 5) is 27.4. The van der Waals surface area contributed by atoms with Gasteiger partial charge in [0.15, 0.2) is 5.65 Å². The summed E-state index contributed by atoms with van der Waals surface area (Å²) in [6, 6.07) is 22.5. The van der Waals surface area contributed by atoms with Crippen LogP contribution in [0.2, 0.25) is 0 Å². The Labute approximate surface area is 188 Å². The Bertz CT molecular complexity index is 1640. The van der Waals surface area contributed by atoms with Gasteiger partial charge in [-0.05, 0) is 47.9 Å². The number of hydrogen-bond donors (Lipinski definition) is 1. The van der Waals surface area contributed by atoms with E-state index in [0.717, 1.165) is 28.6 Å². The van der Waals surface area contributed by atoms with Crippen LogP contribution in [0.4, 0.5) is 11.6 Å². The Balaban J connectivity index is 1.50. The molecule has 3 heterocycles. The summed E-state index contributed by atoms with van der Waals surface area (Å²) in [5, 5.41) is 2.55. The maximum Gasteiger partial charge on any atom is 0.264 e. The molecule has 1 aliphatic rings. The number of nitrogens with one attached hydrogen (secondary N) is 1. The van der Waals surface area contributed by atoms with Gasteiger partial charge >= 0.3 is 0 Å². The van der Waals surface area contributed by atoms with Crippen LogP contribution < -0.4 is 10.5 Å². The molecule has 1 aliphatic heterocycles. The van der Waals surface area contributed by atoms with Crippen molar-refractivity contribution in [1.82, 2.24) is 19.5 Å². The third kappa shape index (κ3) is 2.85. The van der Waals surface area contributed by atoms with Crippen molar-refractivity contribution < 1.29 is 0 Å². The van der Waals surface area contributed by atoms with E-state index in [9.17, 15) is 4.79 Å². The molecule has 0 spiro atoms. The lowest BCUT2D eigenvalue weighted by atomic mass is 10.1. The number of para-hydroxylation sites is 1. The van der Waals surface area contributed by atoms with Gasteiger partial charge in [-0.3, -0.25) is 14.3 Å². The second kappa shape index (κ2) is 7.10. The Morgan fingerprint density at radius 2 is 1.81 bits per heavy atom. The van der Waals surface area contributed by atoms with E-state index in [1.165, 1.54) is 5.56 Å². The monoisotopic (exact) mass is 437 g/mol. The Kier molecular flexibility index (Phi) is 4.19. The molecule has 0 bridgehead atoms. The van der Waals surface area contributed by atoms with Gasteiger partial charge < -0.3 is 4.90 Å². The molecule has 0 amide bonds. The summed E-state index contributed by atoms with van der Waals surface area (Å²) in [5.41, 5.74) is 3.22. The van der Waals surface area contributed by atoms with Crippen molar-refractivity contribution in [2.75, 3.05) is 4.90 Å². The molecule has 6 rings (SSSR count). The van der Waals surface area contributed by atoms with Crippen molar-refractivity contribution in [3.63, 3.8) is 0 Å². The fraction of sp³-hybridized carbons (Fsp3) is 0.120. The van der Waals surface area contributed by atoms with E-state index in [1.54, 1.807) is 10.9 Å². The van der Waals surface area contributed by atoms with Gasteiger partial charge in [0.25, 0.3) is 5.56 Å². The molecule has 1 N–H and O–H groups in total. The van der Waals surface area contributed by atoms with Crippen LogP contribution in [-0.4, -0.2) is 25.6 Å². The van der Waals surface area contributed by atoms with Gasteiger partial charge in [-0.15, -0.1) is 0 Å². The molecule has 1 atom stereocenters. The maximum atomic E-state index is 13.1. The minimum absolute atomic E-state index is 0.183. The summed E-state index contributed by atoms with van der Waals surface area (Å²) in [6.07, 6.45) is 2.54. The van der Waals surface area contributed by atoms with Gasteiger partial charge in [-0.1, -0.05) is 60.7 Å². The highest BCUT2D eigenvalue weighted by Crippen LogP contribution is 2.36. The summed E-state index contributed by atoms with van der Waals surface area (Å²) < 4.78 is 2.15. The summed E-state index contributed by atoms with van der Waals surface area (Å²) in [5.74, 6) is 0.491. The first kappa shape index (κ1) is 18.9. The first-order valence-electron chi connectivity index (χ1n) is 10.5. The van der Waals surface area contributed by atoms with Gasteiger partial charge in [0.1, 0.15) is 16.4 Å². The number of benzene rings is 3. The third-order valence-electron chi connectivity index (χ3n) is 6.06. The van der Waals surface area contributed by atoms with Crippen LogP contribution in [0, 0.1) is 4.64 Å². The number of hydrogen-bond acceptors (Lipinski definition) is 5. The van der Waals surface area contributed by atoms with Gasteiger partial charge in [0, 0.05) is 17.4 Å². The first-order valence-corrected chi connectivity index (χ1v) is 10.9. The molecule has 156 valence electrons. The van der Waals surface area contributed by atoms with Crippen molar-refractivity contribution in [2.45, 2.75) is 19.4 Å². The first-order chi connectivity index (χ1) is 15.6. The van der Waals surface area contributed by atoms with E-state index >= 15 is 0 Å². The second-order valence-corrected chi connectivity index (χ2v) is 8.48. The van der Waals surface area contributed by atoms with Crippen molar-refractivity contribution >= 4 is 45.7 Å². The lowest BCUT2D eigenvalue weighted by Gasteiger charge is -2.23. The SMILES string of the molecule is CC1Cc2ccccc2N1c1nc2ncn(-c3ccc4ccccc4c3)c(=S)c2c(=O)[nH]1. The lowest BCUT2D eigenvalue weighted by molar-refractivity contribution is 0.739. The smallest absolute Gasteiger partial charge is 0.264 e. The highest BCUT2D eigenvalue weighted by molar-refractivity contribution is 7.71. The number of aromatic amines is 1. The number of rotatable bonds is 2. The Morgan fingerprint density at radius 3 is 2.69 bits per heavy atom. The van der Waals surface area contributed by atoms with E-state index in [0.29, 0.717) is 21.6 Å². The zero-order chi connectivity index (χ0) is 21.8. The van der Waals surface area contributed by atoms with Crippen LogP contribution in [0.1, 0.15) is 12.5 Å². The molecule has 0 fully saturated rings. The van der Waals surface area contributed by atoms with Crippen molar-refractivity contribution in [2.24, 2.45) is 0 Å². The summed E-state index contributed by atoms with van der Waals surface area (Å²) in [6.45, 7) is 2.12. The number of anilines is 2. The topological polar surface area (TPSA) is 66.8 Å². The predicted octanol–water partition coefficient (Wildman–Crippen LogP) is 5.07. The zero-order valence-corrected chi connectivity index (χ0v) is 18.1. The highest BCUT2D eigenvalue weighted by atomic mass is 32.1. The number of nitrogens with zero attached hydrogens (tertiary/aromatic N) is 4. The van der Waals surface area contributed by atoms with Crippen LogP contribution in [0.5, 0.6) is 0 Å². The molecular formula is C25H19N5OS. The van der Waals surface area contributed by atoms with Crippen LogP contribution in [-0.2, 0) is 6.42 Å². The van der Waals surface area contributed by atoms with E-state index < -0.39 is 0 Å². The van der Waals surface area contributed by atoms with Crippen molar-refractivity contribution in [3.8, 4) is 5.69 Å². The maximum absolute atomic E-state index is 13.1. The molecule has 6 nitrogen and oxygen atoms in total. The molecule has 0 aliphatic carbocycles. The van der Waals surface area contributed by atoms with Crippen LogP contribution in [0.3, 0.4) is 0 Å². The average molecular weight is 438 g/mol. The Morgan fingerprint density at radius 1 is 1.03 bits per heavy atom. The zero-order valence-electron chi connectivity index (χ0n) is 17.3. The standard InChI is InChI=1S/C25H19N5OS/c1-15-12-18-8-4-5-9-20(18)30(15)25-27-22-21(23(31)28-25)24(32)29(14-26-22)19-11-10-16-6-2-3-7-17(16)13-19/h2-11,13-15H,12H2,1H3,(H,27,28,31).